The number of halogens is 1. The minimum absolute atomic E-state index is 0.161. The lowest BCUT2D eigenvalue weighted by molar-refractivity contribution is 0.166. The van der Waals surface area contributed by atoms with Gasteiger partial charge < -0.3 is 15.1 Å². The van der Waals surface area contributed by atoms with Crippen molar-refractivity contribution in [3.8, 4) is 0 Å². The minimum Gasteiger partial charge on any atom is -0.391 e. The fourth-order valence-electron chi connectivity index (χ4n) is 7.50. The molecule has 43 heavy (non-hydrogen) atoms. The van der Waals surface area contributed by atoms with Gasteiger partial charge in [-0.25, -0.2) is 15.0 Å². The molecule has 0 aromatic carbocycles. The number of anilines is 2. The van der Waals surface area contributed by atoms with E-state index in [0.717, 1.165) is 65.3 Å². The second kappa shape index (κ2) is 11.1. The van der Waals surface area contributed by atoms with Gasteiger partial charge in [0.15, 0.2) is 5.65 Å². The summed E-state index contributed by atoms with van der Waals surface area (Å²) >= 11 is 8.74. The zero-order chi connectivity index (χ0) is 30.7. The van der Waals surface area contributed by atoms with E-state index in [-0.39, 0.29) is 15.9 Å². The molecule has 1 N–H and O–H groups in total. The molecule has 1 atom stereocenters. The van der Waals surface area contributed by atoms with Gasteiger partial charge in [0, 0.05) is 54.5 Å². The fourth-order valence-corrected chi connectivity index (χ4v) is 8.78. The molecule has 8 nitrogen and oxygen atoms in total. The molecule has 0 saturated carbocycles. The second-order valence-electron chi connectivity index (χ2n) is 14.0. The lowest BCUT2D eigenvalue weighted by Crippen LogP contribution is -2.64. The van der Waals surface area contributed by atoms with Crippen LogP contribution in [0, 0.1) is 12.3 Å². The highest BCUT2D eigenvalue weighted by Gasteiger charge is 2.48. The van der Waals surface area contributed by atoms with Gasteiger partial charge in [-0.2, -0.15) is 0 Å². The summed E-state index contributed by atoms with van der Waals surface area (Å²) in [6.07, 6.45) is 10.9. The summed E-state index contributed by atoms with van der Waals surface area (Å²) in [5, 5.41) is 3.95. The van der Waals surface area contributed by atoms with Crippen LogP contribution in [0.3, 0.4) is 0 Å². The van der Waals surface area contributed by atoms with Crippen LogP contribution in [0.15, 0.2) is 52.8 Å². The smallest absolute Gasteiger partial charge is 0.211 e. The van der Waals surface area contributed by atoms with Crippen molar-refractivity contribution in [2.45, 2.75) is 52.5 Å². The van der Waals surface area contributed by atoms with Crippen LogP contribution in [-0.2, 0) is 6.42 Å². The van der Waals surface area contributed by atoms with Crippen LogP contribution in [0.4, 0.5) is 11.8 Å². The molecule has 0 unspecified atom stereocenters. The third-order valence-electron chi connectivity index (χ3n) is 8.96. The van der Waals surface area contributed by atoms with E-state index in [1.165, 1.54) is 11.3 Å². The number of nitrogens with zero attached hydrogens (tertiary/aromatic N) is 7. The Balaban J connectivity index is 1.29. The molecule has 4 aromatic rings. The lowest BCUT2D eigenvalue weighted by Gasteiger charge is -2.48. The van der Waals surface area contributed by atoms with Crippen LogP contribution >= 0.6 is 23.4 Å². The van der Waals surface area contributed by atoms with Gasteiger partial charge in [0.1, 0.15) is 52.9 Å². The van der Waals surface area contributed by atoms with Gasteiger partial charge in [0.25, 0.3) is 0 Å². The zero-order valence-corrected chi connectivity index (χ0v) is 28.1. The first-order chi connectivity index (χ1) is 20.3. The van der Waals surface area contributed by atoms with E-state index in [0.29, 0.717) is 11.1 Å². The quantitative estimate of drug-likeness (QED) is 0.257. The summed E-state index contributed by atoms with van der Waals surface area (Å²) in [5.74, 6) is 1.74. The van der Waals surface area contributed by atoms with Crippen LogP contribution in [0.5, 0.6) is 0 Å². The molecule has 1 saturated heterocycles. The van der Waals surface area contributed by atoms with Gasteiger partial charge in [-0.05, 0) is 66.8 Å². The number of piperidine rings is 1. The zero-order valence-electron chi connectivity index (χ0n) is 26.6. The maximum Gasteiger partial charge on any atom is 0.211 e. The molecule has 0 bridgehead atoms. The predicted octanol–water partition coefficient (Wildman–Crippen LogP) is -1.44. The number of pyridine rings is 2. The lowest BCUT2D eigenvalue weighted by atomic mass is 9.40. The topological polar surface area (TPSA) is 74.5 Å². The van der Waals surface area contributed by atoms with Crippen molar-refractivity contribution < 1.29 is 0 Å². The fraction of sp³-hybridized carbons (Fsp3) is 0.407. The predicted molar refractivity (Wildman–Crippen MR) is 194 cm³/mol. The molecule has 1 aliphatic carbocycles. The van der Waals surface area contributed by atoms with Gasteiger partial charge in [0.05, 0.1) is 15.6 Å². The first kappa shape index (κ1) is 30.5. The SMILES string of the molecule is BC(B)(B)N(c1nccc(Sc2c(C)nc(N3CCC4(CC3)Cc3ncccc3[C@H]4NC)n3ccnc23)c1Cl)C(B)(B)B. The number of rotatable bonds is 7. The van der Waals surface area contributed by atoms with Crippen LogP contribution in [0.1, 0.15) is 35.8 Å². The molecule has 1 aliphatic heterocycles. The van der Waals surface area contributed by atoms with Crippen LogP contribution < -0.4 is 15.1 Å². The van der Waals surface area contributed by atoms with Crippen molar-refractivity contribution in [3.05, 3.63) is 65.0 Å². The molecule has 6 rings (SSSR count). The van der Waals surface area contributed by atoms with Crippen LogP contribution in [-0.4, -0.2) is 102 Å². The molecule has 5 heterocycles. The monoisotopic (exact) mass is 606 g/mol. The molecular weight excluding hydrogens is 569 g/mol. The standard InChI is InChI=1S/C27H37B6ClN8S/c1-15-20(43-18-5-9-37-22(19(18)34)42(26(28,29)30)27(31,32)33)23-38-10-13-41(23)24(39-15)40-11-6-25(7-12-40)14-17-16(21(25)35-2)4-3-8-36-17/h3-5,8-10,13,21,35H,6-7,11-12,14,28-33H2,1-2H3/t21-/m1/s1. The summed E-state index contributed by atoms with van der Waals surface area (Å²) in [5.41, 5.74) is 4.63. The third-order valence-corrected chi connectivity index (χ3v) is 10.7. The summed E-state index contributed by atoms with van der Waals surface area (Å²) in [6, 6.07) is 6.62. The summed E-state index contributed by atoms with van der Waals surface area (Å²) < 4.78 is 2.14. The molecular formula is C27H37B6ClN8S. The third kappa shape index (κ3) is 5.39. The molecule has 0 radical (unpaired) electrons. The number of fused-ring (bicyclic) bond motifs is 2. The number of hydrogen-bond acceptors (Lipinski definition) is 8. The Kier molecular flexibility index (Phi) is 7.91. The highest BCUT2D eigenvalue weighted by molar-refractivity contribution is 7.99. The Hall–Kier alpha value is -2.49. The summed E-state index contributed by atoms with van der Waals surface area (Å²) in [4.78, 5) is 26.1. The Morgan fingerprint density at radius 2 is 1.74 bits per heavy atom. The number of imidazole rings is 1. The summed E-state index contributed by atoms with van der Waals surface area (Å²) in [7, 11) is 15.3. The largest absolute Gasteiger partial charge is 0.391 e. The normalized spacial score (nSPS) is 18.3. The van der Waals surface area contributed by atoms with Crippen molar-refractivity contribution in [2.75, 3.05) is 29.9 Å². The number of hydrogen-bond donors (Lipinski definition) is 1. The minimum atomic E-state index is -0.161. The van der Waals surface area contributed by atoms with E-state index >= 15 is 0 Å². The first-order valence-corrected chi connectivity index (χ1v) is 16.4. The van der Waals surface area contributed by atoms with E-state index in [1.807, 2.05) is 30.9 Å². The van der Waals surface area contributed by atoms with Gasteiger partial charge >= 0.3 is 0 Å². The van der Waals surface area contributed by atoms with Crippen molar-refractivity contribution in [1.29, 1.82) is 0 Å². The van der Waals surface area contributed by atoms with Crippen molar-refractivity contribution in [3.63, 3.8) is 0 Å². The average Bonchev–Trinajstić information content (AvgIpc) is 3.54. The highest BCUT2D eigenvalue weighted by Crippen LogP contribution is 2.51. The van der Waals surface area contributed by atoms with Gasteiger partial charge in [-0.3, -0.25) is 9.38 Å². The highest BCUT2D eigenvalue weighted by atomic mass is 35.5. The van der Waals surface area contributed by atoms with Gasteiger partial charge in [0.2, 0.25) is 5.95 Å². The molecule has 216 valence electrons. The summed E-state index contributed by atoms with van der Waals surface area (Å²) in [6.45, 7) is 3.95. The molecule has 2 aliphatic rings. The average molecular weight is 606 g/mol. The number of aromatic nitrogens is 5. The van der Waals surface area contributed by atoms with Crippen molar-refractivity contribution in [2.24, 2.45) is 5.41 Å². The molecule has 1 spiro atoms. The van der Waals surface area contributed by atoms with Gasteiger partial charge in [-0.15, -0.1) is 0 Å². The number of nitrogens with one attached hydrogen (secondary N) is 1. The molecule has 0 amide bonds. The van der Waals surface area contributed by atoms with Gasteiger partial charge in [-0.1, -0.05) is 29.4 Å². The Morgan fingerprint density at radius 3 is 2.42 bits per heavy atom. The van der Waals surface area contributed by atoms with E-state index in [2.05, 4.69) is 92.7 Å². The van der Waals surface area contributed by atoms with E-state index < -0.39 is 0 Å². The first-order valence-electron chi connectivity index (χ1n) is 15.2. The molecule has 1 fully saturated rings. The molecule has 4 aromatic heterocycles. The Morgan fingerprint density at radius 1 is 1.02 bits per heavy atom. The van der Waals surface area contributed by atoms with Crippen molar-refractivity contribution in [1.82, 2.24) is 29.7 Å². The van der Waals surface area contributed by atoms with Crippen LogP contribution in [0.25, 0.3) is 5.65 Å². The Bertz CT molecular complexity index is 1650. The maximum atomic E-state index is 7.12. The number of aryl methyl sites for hydroxylation is 1. The Labute approximate surface area is 269 Å². The van der Waals surface area contributed by atoms with E-state index in [4.69, 9.17) is 31.5 Å². The second-order valence-corrected chi connectivity index (χ2v) is 15.4. The van der Waals surface area contributed by atoms with Crippen LogP contribution in [0.2, 0.25) is 5.02 Å². The van der Waals surface area contributed by atoms with E-state index in [1.54, 1.807) is 11.8 Å². The van der Waals surface area contributed by atoms with Crippen molar-refractivity contribution >= 4 is 87.9 Å². The van der Waals surface area contributed by atoms with E-state index in [9.17, 15) is 0 Å². The maximum absolute atomic E-state index is 7.12. The molecule has 16 heteroatoms.